The van der Waals surface area contributed by atoms with E-state index in [0.29, 0.717) is 53.5 Å². The Morgan fingerprint density at radius 3 is 2.62 bits per heavy atom. The molecular formula is C26H24N8O3S2. The second-order valence-electron chi connectivity index (χ2n) is 8.09. The predicted octanol–water partition coefficient (Wildman–Crippen LogP) is 3.19. The summed E-state index contributed by atoms with van der Waals surface area (Å²) in [6, 6.07) is 16.5. The van der Waals surface area contributed by atoms with Crippen LogP contribution in [-0.2, 0) is 9.53 Å². The van der Waals surface area contributed by atoms with Crippen LogP contribution in [-0.4, -0.2) is 59.5 Å². The molecule has 5 rings (SSSR count). The van der Waals surface area contributed by atoms with E-state index in [1.54, 1.807) is 18.3 Å². The Bertz CT molecular complexity index is 1490. The highest BCUT2D eigenvalue weighted by atomic mass is 32.1. The molecule has 11 nitrogen and oxygen atoms in total. The number of carbonyl (C=O) groups is 2. The molecular weight excluding hydrogens is 536 g/mol. The number of hydrazone groups is 2. The van der Waals surface area contributed by atoms with E-state index in [2.05, 4.69) is 30.9 Å². The smallest absolute Gasteiger partial charge is 0.303 e. The second-order valence-corrected chi connectivity index (χ2v) is 9.82. The summed E-state index contributed by atoms with van der Waals surface area (Å²) >= 11 is 2.66. The maximum Gasteiger partial charge on any atom is 0.303 e. The molecule has 1 aliphatic rings. The molecule has 13 heteroatoms. The van der Waals surface area contributed by atoms with Gasteiger partial charge in [0.25, 0.3) is 5.91 Å². The summed E-state index contributed by atoms with van der Waals surface area (Å²) in [7, 11) is 0. The van der Waals surface area contributed by atoms with Gasteiger partial charge in [0, 0.05) is 46.7 Å². The molecule has 2 aromatic heterocycles. The van der Waals surface area contributed by atoms with E-state index in [-0.39, 0.29) is 11.6 Å². The van der Waals surface area contributed by atoms with Gasteiger partial charge in [0.1, 0.15) is 5.71 Å². The number of aromatic nitrogens is 2. The highest BCUT2D eigenvalue weighted by Crippen LogP contribution is 2.30. The number of ether oxygens (including phenoxy) is 1. The molecule has 2 amide bonds. The van der Waals surface area contributed by atoms with Crippen molar-refractivity contribution in [2.24, 2.45) is 15.9 Å². The molecule has 0 bridgehead atoms. The summed E-state index contributed by atoms with van der Waals surface area (Å²) in [6.45, 7) is 1.70. The van der Waals surface area contributed by atoms with Gasteiger partial charge in [-0.25, -0.2) is 9.97 Å². The number of nitrogens with one attached hydrogen (secondary N) is 2. The van der Waals surface area contributed by atoms with Crippen molar-refractivity contribution in [2.45, 2.75) is 0 Å². The minimum atomic E-state index is -0.402. The Morgan fingerprint density at radius 1 is 1.05 bits per heavy atom. The molecule has 2 aromatic carbocycles. The lowest BCUT2D eigenvalue weighted by Gasteiger charge is -2.07. The largest absolute Gasteiger partial charge is 0.378 e. The standard InChI is InChI=1S/C26H24N8O3S2/c27-10-13-37-14-11-28-23(35)19-8-6-17(7-9-19)20-16-39-26(30-20)34-24(36)22(31-32-25-29-12-15-38-25)21(33-34)18-4-2-1-3-5-18/h1-9,12,15-16H,10-11,13-14,27H2,(H,28,35)(H,29,32)/b31-22+. The Morgan fingerprint density at radius 2 is 1.87 bits per heavy atom. The van der Waals surface area contributed by atoms with Gasteiger partial charge in [0.15, 0.2) is 5.71 Å². The topological polar surface area (TPSA) is 147 Å². The molecule has 0 saturated heterocycles. The molecule has 4 aromatic rings. The molecule has 0 saturated carbocycles. The van der Waals surface area contributed by atoms with Crippen molar-refractivity contribution in [1.82, 2.24) is 15.3 Å². The fourth-order valence-corrected chi connectivity index (χ4v) is 4.86. The Hall–Kier alpha value is -4.30. The van der Waals surface area contributed by atoms with Crippen LogP contribution in [0.3, 0.4) is 0 Å². The monoisotopic (exact) mass is 560 g/mol. The van der Waals surface area contributed by atoms with E-state index >= 15 is 0 Å². The van der Waals surface area contributed by atoms with Crippen LogP contribution in [0.1, 0.15) is 15.9 Å². The first-order chi connectivity index (χ1) is 19.1. The van der Waals surface area contributed by atoms with Crippen LogP contribution in [0, 0.1) is 0 Å². The summed E-state index contributed by atoms with van der Waals surface area (Å²) in [5.74, 6) is -0.596. The fraction of sp³-hybridized carbons (Fsp3) is 0.154. The van der Waals surface area contributed by atoms with E-state index in [9.17, 15) is 9.59 Å². The summed E-state index contributed by atoms with van der Waals surface area (Å²) in [5, 5.41) is 17.6. The first kappa shape index (κ1) is 26.3. The third-order valence-corrected chi connectivity index (χ3v) is 6.97. The number of rotatable bonds is 11. The maximum absolute atomic E-state index is 13.4. The lowest BCUT2D eigenvalue weighted by molar-refractivity contribution is -0.112. The lowest BCUT2D eigenvalue weighted by atomic mass is 10.1. The van der Waals surface area contributed by atoms with Crippen LogP contribution >= 0.6 is 22.7 Å². The molecule has 1 aliphatic heterocycles. The van der Waals surface area contributed by atoms with E-state index in [0.717, 1.165) is 11.1 Å². The van der Waals surface area contributed by atoms with Crippen LogP contribution in [0.5, 0.6) is 0 Å². The van der Waals surface area contributed by atoms with Gasteiger partial charge in [-0.1, -0.05) is 42.5 Å². The number of nitrogens with zero attached hydrogens (tertiary/aromatic N) is 5. The Kier molecular flexibility index (Phi) is 8.43. The maximum atomic E-state index is 13.4. The fourth-order valence-electron chi connectivity index (χ4n) is 3.61. The van der Waals surface area contributed by atoms with Gasteiger partial charge < -0.3 is 15.8 Å². The minimum absolute atomic E-state index is 0.164. The van der Waals surface area contributed by atoms with Crippen LogP contribution in [0.2, 0.25) is 0 Å². The zero-order chi connectivity index (χ0) is 27.0. The van der Waals surface area contributed by atoms with Crippen LogP contribution in [0.25, 0.3) is 11.3 Å². The van der Waals surface area contributed by atoms with Crippen molar-refractivity contribution in [3.8, 4) is 11.3 Å². The van der Waals surface area contributed by atoms with Crippen molar-refractivity contribution >= 4 is 56.2 Å². The summed E-state index contributed by atoms with van der Waals surface area (Å²) in [4.78, 5) is 34.5. The van der Waals surface area contributed by atoms with Crippen LogP contribution in [0.15, 0.2) is 81.8 Å². The van der Waals surface area contributed by atoms with Gasteiger partial charge >= 0.3 is 5.91 Å². The summed E-state index contributed by atoms with van der Waals surface area (Å²) < 4.78 is 5.27. The predicted molar refractivity (Wildman–Crippen MR) is 153 cm³/mol. The number of anilines is 2. The highest BCUT2D eigenvalue weighted by molar-refractivity contribution is 7.14. The number of benzene rings is 2. The molecule has 0 unspecified atom stereocenters. The van der Waals surface area contributed by atoms with E-state index in [1.807, 2.05) is 53.2 Å². The van der Waals surface area contributed by atoms with E-state index in [1.165, 1.54) is 27.7 Å². The Labute approximate surface area is 232 Å². The molecule has 0 radical (unpaired) electrons. The molecule has 4 N–H and O–H groups in total. The number of carbonyl (C=O) groups excluding carboxylic acids is 2. The molecule has 0 aliphatic carbocycles. The van der Waals surface area contributed by atoms with Gasteiger partial charge in [-0.3, -0.25) is 15.0 Å². The van der Waals surface area contributed by atoms with Crippen LogP contribution in [0.4, 0.5) is 10.3 Å². The molecule has 0 atom stereocenters. The zero-order valence-electron chi connectivity index (χ0n) is 20.6. The molecule has 3 heterocycles. The van der Waals surface area contributed by atoms with Gasteiger partial charge in [0.2, 0.25) is 10.3 Å². The molecule has 0 fully saturated rings. The zero-order valence-corrected chi connectivity index (χ0v) is 22.2. The van der Waals surface area contributed by atoms with E-state index < -0.39 is 5.91 Å². The van der Waals surface area contributed by atoms with Crippen molar-refractivity contribution in [3.05, 3.63) is 82.7 Å². The van der Waals surface area contributed by atoms with Gasteiger partial charge in [0.05, 0.1) is 18.9 Å². The molecule has 198 valence electrons. The van der Waals surface area contributed by atoms with Gasteiger partial charge in [-0.15, -0.1) is 22.7 Å². The van der Waals surface area contributed by atoms with Crippen molar-refractivity contribution in [2.75, 3.05) is 36.7 Å². The first-order valence-corrected chi connectivity index (χ1v) is 13.7. The number of nitrogens with two attached hydrogens (primary N) is 1. The minimum Gasteiger partial charge on any atom is -0.378 e. The number of hydrogen-bond donors (Lipinski definition) is 3. The number of amides is 2. The first-order valence-electron chi connectivity index (χ1n) is 12.0. The quantitative estimate of drug-likeness (QED) is 0.189. The third-order valence-electron chi connectivity index (χ3n) is 5.47. The average molecular weight is 561 g/mol. The average Bonchev–Trinajstić information content (AvgIpc) is 3.73. The van der Waals surface area contributed by atoms with Crippen molar-refractivity contribution in [1.29, 1.82) is 0 Å². The van der Waals surface area contributed by atoms with E-state index in [4.69, 9.17) is 10.5 Å². The summed E-state index contributed by atoms with van der Waals surface area (Å²) in [5.41, 5.74) is 11.6. The number of thiazole rings is 2. The third kappa shape index (κ3) is 6.23. The summed E-state index contributed by atoms with van der Waals surface area (Å²) in [6.07, 6.45) is 1.65. The highest BCUT2D eigenvalue weighted by Gasteiger charge is 2.35. The SMILES string of the molecule is NCCOCCNC(=O)c1ccc(-c2csc(N3N=C(c4ccccc4)/C(=N\Nc4nccs4)C3=O)n2)cc1. The molecule has 0 spiro atoms. The normalized spacial score (nSPS) is 14.1. The number of hydrogen-bond acceptors (Lipinski definition) is 11. The van der Waals surface area contributed by atoms with Gasteiger partial charge in [-0.2, -0.15) is 15.2 Å². The van der Waals surface area contributed by atoms with Gasteiger partial charge in [-0.05, 0) is 12.1 Å². The van der Waals surface area contributed by atoms with Crippen molar-refractivity contribution in [3.63, 3.8) is 0 Å². The lowest BCUT2D eigenvalue weighted by Crippen LogP contribution is -2.28. The second kappa shape index (κ2) is 12.5. The van der Waals surface area contributed by atoms with Crippen LogP contribution < -0.4 is 21.5 Å². The Balaban J connectivity index is 1.32. The van der Waals surface area contributed by atoms with Crippen molar-refractivity contribution < 1.29 is 14.3 Å². The molecule has 39 heavy (non-hydrogen) atoms.